The summed E-state index contributed by atoms with van der Waals surface area (Å²) in [6.07, 6.45) is 3.85. The van der Waals surface area contributed by atoms with E-state index in [0.717, 1.165) is 11.3 Å². The molecule has 1 atom stereocenters. The van der Waals surface area contributed by atoms with Crippen LogP contribution < -0.4 is 5.32 Å². The summed E-state index contributed by atoms with van der Waals surface area (Å²) in [5.74, 6) is 0.504. The molecular formula is C13H16N4O2S. The predicted octanol–water partition coefficient (Wildman–Crippen LogP) is 0.925. The standard InChI is InChI=1S/C13H16N4O2S/c18-20(19)5-4-13(8-20)16-12-3-1-2-11(6-12)7-17-10-14-9-15-17/h1-3,6,9-10,13,16H,4-5,7-8H2. The lowest BCUT2D eigenvalue weighted by atomic mass is 10.1. The average molecular weight is 292 g/mol. The van der Waals surface area contributed by atoms with Gasteiger partial charge >= 0.3 is 0 Å². The number of hydrogen-bond donors (Lipinski definition) is 1. The zero-order valence-corrected chi connectivity index (χ0v) is 11.8. The van der Waals surface area contributed by atoms with Crippen molar-refractivity contribution in [3.8, 4) is 0 Å². The monoisotopic (exact) mass is 292 g/mol. The Kier molecular flexibility index (Phi) is 3.43. The molecule has 1 aliphatic rings. The lowest BCUT2D eigenvalue weighted by molar-refractivity contribution is 0.602. The molecule has 7 heteroatoms. The molecule has 0 saturated carbocycles. The van der Waals surface area contributed by atoms with E-state index in [4.69, 9.17) is 0 Å². The minimum absolute atomic E-state index is 0.0154. The van der Waals surface area contributed by atoms with E-state index in [0.29, 0.717) is 13.0 Å². The maximum Gasteiger partial charge on any atom is 0.152 e. The first-order valence-corrected chi connectivity index (χ1v) is 8.31. The molecule has 1 aromatic heterocycles. The van der Waals surface area contributed by atoms with Crippen LogP contribution in [0.3, 0.4) is 0 Å². The number of nitrogens with one attached hydrogen (secondary N) is 1. The number of anilines is 1. The van der Waals surface area contributed by atoms with Crippen molar-refractivity contribution in [2.45, 2.75) is 19.0 Å². The van der Waals surface area contributed by atoms with Crippen molar-refractivity contribution >= 4 is 15.5 Å². The molecule has 20 heavy (non-hydrogen) atoms. The number of nitrogens with zero attached hydrogens (tertiary/aromatic N) is 3. The molecule has 106 valence electrons. The van der Waals surface area contributed by atoms with Crippen molar-refractivity contribution in [2.24, 2.45) is 0 Å². The minimum Gasteiger partial charge on any atom is -0.381 e. The quantitative estimate of drug-likeness (QED) is 0.907. The smallest absolute Gasteiger partial charge is 0.152 e. The molecule has 0 radical (unpaired) electrons. The molecule has 2 aromatic rings. The fourth-order valence-electron chi connectivity index (χ4n) is 2.41. The fraction of sp³-hybridized carbons (Fsp3) is 0.385. The van der Waals surface area contributed by atoms with Crippen LogP contribution in [0.4, 0.5) is 5.69 Å². The zero-order chi connectivity index (χ0) is 14.0. The predicted molar refractivity (Wildman–Crippen MR) is 76.2 cm³/mol. The van der Waals surface area contributed by atoms with Gasteiger partial charge in [-0.3, -0.25) is 0 Å². The van der Waals surface area contributed by atoms with Gasteiger partial charge in [0, 0.05) is 11.7 Å². The van der Waals surface area contributed by atoms with Gasteiger partial charge < -0.3 is 5.32 Å². The van der Waals surface area contributed by atoms with E-state index >= 15 is 0 Å². The summed E-state index contributed by atoms with van der Waals surface area (Å²) in [5.41, 5.74) is 2.05. The second-order valence-corrected chi connectivity index (χ2v) is 7.27. The SMILES string of the molecule is O=S1(=O)CCC(Nc2cccc(Cn3cncn3)c2)C1. The third-order valence-corrected chi connectivity index (χ3v) is 5.11. The molecule has 1 N–H and O–H groups in total. The van der Waals surface area contributed by atoms with Gasteiger partial charge in [-0.05, 0) is 24.1 Å². The topological polar surface area (TPSA) is 76.9 Å². The van der Waals surface area contributed by atoms with Gasteiger partial charge in [0.15, 0.2) is 9.84 Å². The second kappa shape index (κ2) is 5.24. The van der Waals surface area contributed by atoms with Gasteiger partial charge in [0.2, 0.25) is 0 Å². The van der Waals surface area contributed by atoms with E-state index in [2.05, 4.69) is 15.4 Å². The number of benzene rings is 1. The molecule has 0 bridgehead atoms. The van der Waals surface area contributed by atoms with E-state index in [1.54, 1.807) is 11.0 Å². The largest absolute Gasteiger partial charge is 0.381 e. The second-order valence-electron chi connectivity index (χ2n) is 5.04. The lowest BCUT2D eigenvalue weighted by Gasteiger charge is -2.13. The Bertz CT molecular complexity index is 682. The Morgan fingerprint density at radius 1 is 1.40 bits per heavy atom. The first-order valence-electron chi connectivity index (χ1n) is 6.49. The first-order chi connectivity index (χ1) is 9.61. The van der Waals surface area contributed by atoms with Crippen LogP contribution in [-0.4, -0.2) is 40.7 Å². The van der Waals surface area contributed by atoms with Crippen LogP contribution in [0.5, 0.6) is 0 Å². The molecule has 6 nitrogen and oxygen atoms in total. The summed E-state index contributed by atoms with van der Waals surface area (Å²) in [6.45, 7) is 0.651. The molecule has 2 heterocycles. The maximum atomic E-state index is 11.5. The van der Waals surface area contributed by atoms with Gasteiger partial charge in [0.05, 0.1) is 18.1 Å². The molecule has 1 fully saturated rings. The van der Waals surface area contributed by atoms with E-state index in [1.165, 1.54) is 6.33 Å². The van der Waals surface area contributed by atoms with Crippen molar-refractivity contribution in [1.29, 1.82) is 0 Å². The van der Waals surface area contributed by atoms with Gasteiger partial charge in [-0.1, -0.05) is 12.1 Å². The summed E-state index contributed by atoms with van der Waals surface area (Å²) >= 11 is 0. The number of aromatic nitrogens is 3. The van der Waals surface area contributed by atoms with Crippen LogP contribution in [-0.2, 0) is 16.4 Å². The summed E-state index contributed by atoms with van der Waals surface area (Å²) in [7, 11) is -2.85. The van der Waals surface area contributed by atoms with Crippen molar-refractivity contribution in [2.75, 3.05) is 16.8 Å². The summed E-state index contributed by atoms with van der Waals surface area (Å²) in [6, 6.07) is 7.96. The Balaban J connectivity index is 1.68. The molecule has 1 aliphatic heterocycles. The normalized spacial score (nSPS) is 20.9. The van der Waals surface area contributed by atoms with E-state index in [9.17, 15) is 8.42 Å². The van der Waals surface area contributed by atoms with E-state index in [1.807, 2.05) is 24.3 Å². The molecule has 3 rings (SSSR count). The molecule has 1 unspecified atom stereocenters. The molecule has 1 aromatic carbocycles. The van der Waals surface area contributed by atoms with Crippen LogP contribution in [0.25, 0.3) is 0 Å². The van der Waals surface area contributed by atoms with Gasteiger partial charge in [-0.25, -0.2) is 18.1 Å². The fourth-order valence-corrected chi connectivity index (χ4v) is 4.08. The molecule has 0 amide bonds. The third kappa shape index (κ3) is 3.16. The summed E-state index contributed by atoms with van der Waals surface area (Å²) < 4.78 is 24.7. The Morgan fingerprint density at radius 2 is 2.30 bits per heavy atom. The van der Waals surface area contributed by atoms with Crippen molar-refractivity contribution in [3.63, 3.8) is 0 Å². The van der Waals surface area contributed by atoms with E-state index in [-0.39, 0.29) is 17.5 Å². The zero-order valence-electron chi connectivity index (χ0n) is 10.9. The first kappa shape index (κ1) is 13.1. The highest BCUT2D eigenvalue weighted by molar-refractivity contribution is 7.91. The van der Waals surface area contributed by atoms with Crippen LogP contribution in [0, 0.1) is 0 Å². The molecule has 0 aliphatic carbocycles. The number of hydrogen-bond acceptors (Lipinski definition) is 5. The molecule has 1 saturated heterocycles. The van der Waals surface area contributed by atoms with Crippen LogP contribution in [0.1, 0.15) is 12.0 Å². The highest BCUT2D eigenvalue weighted by Gasteiger charge is 2.27. The Hall–Kier alpha value is -1.89. The maximum absolute atomic E-state index is 11.5. The lowest BCUT2D eigenvalue weighted by Crippen LogP contribution is -2.20. The van der Waals surface area contributed by atoms with Crippen molar-refractivity contribution in [3.05, 3.63) is 42.5 Å². The number of rotatable bonds is 4. The number of sulfone groups is 1. The van der Waals surface area contributed by atoms with Crippen molar-refractivity contribution < 1.29 is 8.42 Å². The summed E-state index contributed by atoms with van der Waals surface area (Å²) in [5, 5.41) is 7.36. The van der Waals surface area contributed by atoms with Crippen molar-refractivity contribution in [1.82, 2.24) is 14.8 Å². The summed E-state index contributed by atoms with van der Waals surface area (Å²) in [4.78, 5) is 3.91. The van der Waals surface area contributed by atoms with Gasteiger partial charge in [-0.2, -0.15) is 5.10 Å². The van der Waals surface area contributed by atoms with Gasteiger partial charge in [-0.15, -0.1) is 0 Å². The average Bonchev–Trinajstić information content (AvgIpc) is 3.00. The van der Waals surface area contributed by atoms with E-state index < -0.39 is 9.84 Å². The van der Waals surface area contributed by atoms with Gasteiger partial charge in [0.1, 0.15) is 12.7 Å². The highest BCUT2D eigenvalue weighted by atomic mass is 32.2. The Morgan fingerprint density at radius 3 is 3.00 bits per heavy atom. The Labute approximate surface area is 117 Å². The van der Waals surface area contributed by atoms with Crippen LogP contribution >= 0.6 is 0 Å². The van der Waals surface area contributed by atoms with Gasteiger partial charge in [0.25, 0.3) is 0 Å². The minimum atomic E-state index is -2.85. The molecule has 0 spiro atoms. The third-order valence-electron chi connectivity index (χ3n) is 3.34. The molecular weight excluding hydrogens is 276 g/mol. The van der Waals surface area contributed by atoms with Crippen LogP contribution in [0.2, 0.25) is 0 Å². The highest BCUT2D eigenvalue weighted by Crippen LogP contribution is 2.18. The van der Waals surface area contributed by atoms with Crippen LogP contribution in [0.15, 0.2) is 36.9 Å².